The highest BCUT2D eigenvalue weighted by Gasteiger charge is 2.19. The average molecular weight is 241 g/mol. The molecule has 0 amide bonds. The fourth-order valence-electron chi connectivity index (χ4n) is 1.87. The Morgan fingerprint density at radius 1 is 1.44 bits per heavy atom. The van der Waals surface area contributed by atoms with Crippen LogP contribution in [0.15, 0.2) is 29.2 Å². The van der Waals surface area contributed by atoms with E-state index in [1.54, 1.807) is 12.1 Å². The fourth-order valence-corrected chi connectivity index (χ4v) is 2.82. The van der Waals surface area contributed by atoms with Crippen molar-refractivity contribution in [1.82, 2.24) is 5.32 Å². The third-order valence-corrected chi connectivity index (χ3v) is 3.81. The van der Waals surface area contributed by atoms with Gasteiger partial charge >= 0.3 is 0 Å². The van der Waals surface area contributed by atoms with Gasteiger partial charge in [-0.05, 0) is 11.6 Å². The average Bonchev–Trinajstić information content (AvgIpc) is 2.70. The topological polar surface area (TPSA) is 55.4 Å². The Labute approximate surface area is 95.5 Å². The van der Waals surface area contributed by atoms with Gasteiger partial charge in [0.25, 0.3) is 0 Å². The van der Waals surface area contributed by atoms with Crippen molar-refractivity contribution in [3.8, 4) is 0 Å². The van der Waals surface area contributed by atoms with E-state index in [1.165, 1.54) is 6.26 Å². The van der Waals surface area contributed by atoms with Gasteiger partial charge < -0.3 is 4.74 Å². The summed E-state index contributed by atoms with van der Waals surface area (Å²) >= 11 is 0. The van der Waals surface area contributed by atoms with E-state index < -0.39 is 9.84 Å². The van der Waals surface area contributed by atoms with Gasteiger partial charge in [-0.15, -0.1) is 0 Å². The van der Waals surface area contributed by atoms with Crippen LogP contribution >= 0.6 is 0 Å². The number of nitrogens with one attached hydrogen (secondary N) is 1. The number of rotatable bonds is 3. The van der Waals surface area contributed by atoms with Gasteiger partial charge in [0.2, 0.25) is 0 Å². The van der Waals surface area contributed by atoms with Crippen LogP contribution in [-0.2, 0) is 21.0 Å². The highest BCUT2D eigenvalue weighted by molar-refractivity contribution is 7.90. The van der Waals surface area contributed by atoms with Crippen molar-refractivity contribution in [2.75, 3.05) is 19.5 Å². The second-order valence-corrected chi connectivity index (χ2v) is 5.96. The number of ether oxygens (including phenoxy) is 1. The van der Waals surface area contributed by atoms with E-state index in [1.807, 2.05) is 12.1 Å². The zero-order valence-electron chi connectivity index (χ0n) is 9.14. The van der Waals surface area contributed by atoms with Crippen LogP contribution in [0.5, 0.6) is 0 Å². The standard InChI is InChI=1S/C11H15NO3S/c1-16(13,14)11-5-3-2-4-9(11)6-10-7-12-8-15-10/h2-5,10,12H,6-8H2,1H3. The first-order chi connectivity index (χ1) is 7.57. The molecule has 1 aliphatic rings. The molecule has 1 fully saturated rings. The van der Waals surface area contributed by atoms with Gasteiger partial charge in [0, 0.05) is 19.2 Å². The SMILES string of the molecule is CS(=O)(=O)c1ccccc1CC1CNCO1. The molecule has 0 saturated carbocycles. The van der Waals surface area contributed by atoms with Crippen molar-refractivity contribution >= 4 is 9.84 Å². The highest BCUT2D eigenvalue weighted by Crippen LogP contribution is 2.18. The Morgan fingerprint density at radius 2 is 2.19 bits per heavy atom. The second kappa shape index (κ2) is 4.53. The summed E-state index contributed by atoms with van der Waals surface area (Å²) in [5.74, 6) is 0. The lowest BCUT2D eigenvalue weighted by atomic mass is 10.1. The second-order valence-electron chi connectivity index (χ2n) is 3.97. The van der Waals surface area contributed by atoms with Crippen LogP contribution in [0.4, 0.5) is 0 Å². The van der Waals surface area contributed by atoms with Crippen LogP contribution < -0.4 is 5.32 Å². The molecule has 88 valence electrons. The van der Waals surface area contributed by atoms with Gasteiger partial charge in [-0.2, -0.15) is 0 Å². The number of sulfone groups is 1. The van der Waals surface area contributed by atoms with Gasteiger partial charge in [0.1, 0.15) is 0 Å². The van der Waals surface area contributed by atoms with Gasteiger partial charge in [-0.1, -0.05) is 18.2 Å². The Bertz CT molecular complexity index is 464. The Kier molecular flexibility index (Phi) is 3.28. The van der Waals surface area contributed by atoms with E-state index in [0.717, 1.165) is 12.1 Å². The maximum Gasteiger partial charge on any atom is 0.175 e. The van der Waals surface area contributed by atoms with Crippen LogP contribution in [-0.4, -0.2) is 34.1 Å². The molecule has 1 aromatic carbocycles. The largest absolute Gasteiger partial charge is 0.361 e. The van der Waals surface area contributed by atoms with Crippen molar-refractivity contribution < 1.29 is 13.2 Å². The minimum atomic E-state index is -3.15. The number of hydrogen-bond donors (Lipinski definition) is 1. The lowest BCUT2D eigenvalue weighted by molar-refractivity contribution is 0.113. The first kappa shape index (κ1) is 11.6. The van der Waals surface area contributed by atoms with E-state index in [2.05, 4.69) is 5.32 Å². The molecule has 0 aromatic heterocycles. The Hall–Kier alpha value is -0.910. The van der Waals surface area contributed by atoms with E-state index in [4.69, 9.17) is 4.74 Å². The van der Waals surface area contributed by atoms with Gasteiger partial charge in [0.05, 0.1) is 17.7 Å². The zero-order valence-corrected chi connectivity index (χ0v) is 9.96. The maximum absolute atomic E-state index is 11.6. The predicted octanol–water partition coefficient (Wildman–Crippen LogP) is 0.579. The molecule has 1 heterocycles. The monoisotopic (exact) mass is 241 g/mol. The van der Waals surface area contributed by atoms with Gasteiger partial charge in [-0.3, -0.25) is 5.32 Å². The molecule has 0 aliphatic carbocycles. The molecule has 1 saturated heterocycles. The summed E-state index contributed by atoms with van der Waals surface area (Å²) in [6.45, 7) is 1.32. The summed E-state index contributed by atoms with van der Waals surface area (Å²) in [5.41, 5.74) is 0.832. The van der Waals surface area contributed by atoms with Gasteiger partial charge in [0.15, 0.2) is 9.84 Å². The van der Waals surface area contributed by atoms with Crippen LogP contribution in [0.25, 0.3) is 0 Å². The first-order valence-electron chi connectivity index (χ1n) is 5.17. The summed E-state index contributed by atoms with van der Waals surface area (Å²) in [6.07, 6.45) is 1.94. The van der Waals surface area contributed by atoms with Crippen molar-refractivity contribution in [3.05, 3.63) is 29.8 Å². The lowest BCUT2D eigenvalue weighted by Gasteiger charge is -2.11. The minimum Gasteiger partial charge on any atom is -0.361 e. The molecule has 1 unspecified atom stereocenters. The molecule has 0 spiro atoms. The van der Waals surface area contributed by atoms with E-state index >= 15 is 0 Å². The Morgan fingerprint density at radius 3 is 2.81 bits per heavy atom. The molecular weight excluding hydrogens is 226 g/mol. The van der Waals surface area contributed by atoms with E-state index in [-0.39, 0.29) is 6.10 Å². The smallest absolute Gasteiger partial charge is 0.175 e. The summed E-state index contributed by atoms with van der Waals surface area (Å²) < 4.78 is 28.6. The summed E-state index contributed by atoms with van der Waals surface area (Å²) in [5, 5.41) is 3.08. The van der Waals surface area contributed by atoms with Crippen molar-refractivity contribution in [1.29, 1.82) is 0 Å². The highest BCUT2D eigenvalue weighted by atomic mass is 32.2. The van der Waals surface area contributed by atoms with Crippen molar-refractivity contribution in [3.63, 3.8) is 0 Å². The van der Waals surface area contributed by atoms with E-state index in [9.17, 15) is 8.42 Å². The molecule has 16 heavy (non-hydrogen) atoms. The first-order valence-corrected chi connectivity index (χ1v) is 7.07. The molecule has 0 bridgehead atoms. The maximum atomic E-state index is 11.6. The summed E-state index contributed by atoms with van der Waals surface area (Å²) in [6, 6.07) is 7.09. The minimum absolute atomic E-state index is 0.0721. The fraction of sp³-hybridized carbons (Fsp3) is 0.455. The molecule has 0 radical (unpaired) electrons. The molecule has 1 N–H and O–H groups in total. The van der Waals surface area contributed by atoms with E-state index in [0.29, 0.717) is 18.0 Å². The third-order valence-electron chi connectivity index (χ3n) is 2.61. The third kappa shape index (κ3) is 2.61. The van der Waals surface area contributed by atoms with Crippen LogP contribution in [0.3, 0.4) is 0 Å². The zero-order chi connectivity index (χ0) is 11.6. The molecule has 4 nitrogen and oxygen atoms in total. The molecule has 1 aromatic rings. The quantitative estimate of drug-likeness (QED) is 0.841. The van der Waals surface area contributed by atoms with Crippen LogP contribution in [0.1, 0.15) is 5.56 Å². The molecule has 5 heteroatoms. The molecule has 1 atom stereocenters. The Balaban J connectivity index is 2.26. The van der Waals surface area contributed by atoms with Crippen molar-refractivity contribution in [2.24, 2.45) is 0 Å². The summed E-state index contributed by atoms with van der Waals surface area (Å²) in [7, 11) is -3.15. The van der Waals surface area contributed by atoms with Crippen LogP contribution in [0.2, 0.25) is 0 Å². The normalized spacial score (nSPS) is 21.2. The molecular formula is C11H15NO3S. The molecule has 1 aliphatic heterocycles. The summed E-state index contributed by atoms with van der Waals surface area (Å²) in [4.78, 5) is 0.408. The number of hydrogen-bond acceptors (Lipinski definition) is 4. The van der Waals surface area contributed by atoms with Crippen molar-refractivity contribution in [2.45, 2.75) is 17.4 Å². The lowest BCUT2D eigenvalue weighted by Crippen LogP contribution is -2.18. The van der Waals surface area contributed by atoms with Crippen LogP contribution in [0, 0.1) is 0 Å². The van der Waals surface area contributed by atoms with Gasteiger partial charge in [-0.25, -0.2) is 8.42 Å². The number of benzene rings is 1. The predicted molar refractivity (Wildman–Crippen MR) is 61.0 cm³/mol. The molecule has 2 rings (SSSR count).